The van der Waals surface area contributed by atoms with Gasteiger partial charge in [-0.3, -0.25) is 9.97 Å². The van der Waals surface area contributed by atoms with Crippen molar-refractivity contribution in [1.82, 2.24) is 19.8 Å². The van der Waals surface area contributed by atoms with Gasteiger partial charge in [0.05, 0.1) is 43.4 Å². The van der Waals surface area contributed by atoms with Crippen molar-refractivity contribution < 1.29 is 19.4 Å². The Kier molecular flexibility index (Phi) is 13.8. The number of rotatable bonds is 11. The monoisotopic (exact) mass is 574 g/mol. The van der Waals surface area contributed by atoms with Crippen LogP contribution in [-0.4, -0.2) is 85.3 Å². The van der Waals surface area contributed by atoms with Crippen LogP contribution in [0.15, 0.2) is 33.5 Å². The molecule has 0 fully saturated rings. The number of carbonyl (C=O) groups is 1. The molecule has 0 saturated heterocycles. The van der Waals surface area contributed by atoms with Gasteiger partial charge in [-0.1, -0.05) is 0 Å². The minimum absolute atomic E-state index is 0.171. The van der Waals surface area contributed by atoms with Crippen LogP contribution < -0.4 is 0 Å². The van der Waals surface area contributed by atoms with E-state index in [0.29, 0.717) is 23.4 Å². The molecule has 2 aromatic heterocycles. The Morgan fingerprint density at radius 3 is 1.84 bits per heavy atom. The van der Waals surface area contributed by atoms with Crippen molar-refractivity contribution in [3.63, 3.8) is 0 Å². The SMILES string of the molecule is CN(C)CCOCc1ncc(Br)cc1C(=O)O.Cc1cc(Br)cnc1COCCN(C)C. The summed E-state index contributed by atoms with van der Waals surface area (Å²) in [5.74, 6) is -0.995. The molecule has 0 amide bonds. The van der Waals surface area contributed by atoms with E-state index in [1.165, 1.54) is 6.07 Å². The van der Waals surface area contributed by atoms with Gasteiger partial charge in [0, 0.05) is 34.4 Å². The molecule has 0 unspecified atom stereocenters. The minimum atomic E-state index is -0.995. The maximum Gasteiger partial charge on any atom is 0.337 e. The molecule has 0 aliphatic rings. The Balaban J connectivity index is 0.000000323. The number of carboxylic acid groups (broad SMARTS) is 1. The van der Waals surface area contributed by atoms with Crippen molar-refractivity contribution in [3.05, 3.63) is 56.0 Å². The first-order chi connectivity index (χ1) is 15.1. The van der Waals surface area contributed by atoms with Gasteiger partial charge in [-0.15, -0.1) is 0 Å². The number of hydrogen-bond acceptors (Lipinski definition) is 7. The zero-order chi connectivity index (χ0) is 24.1. The quantitative estimate of drug-likeness (QED) is 0.404. The van der Waals surface area contributed by atoms with Crippen LogP contribution in [0.5, 0.6) is 0 Å². The maximum absolute atomic E-state index is 11.0. The van der Waals surface area contributed by atoms with E-state index in [0.717, 1.165) is 35.4 Å². The highest BCUT2D eigenvalue weighted by Gasteiger charge is 2.12. The van der Waals surface area contributed by atoms with Crippen LogP contribution >= 0.6 is 31.9 Å². The molecule has 0 aliphatic carbocycles. The van der Waals surface area contributed by atoms with Crippen molar-refractivity contribution >= 4 is 37.8 Å². The van der Waals surface area contributed by atoms with Crippen LogP contribution in [0.2, 0.25) is 0 Å². The Bertz CT molecular complexity index is 851. The summed E-state index contributed by atoms with van der Waals surface area (Å²) < 4.78 is 12.6. The summed E-state index contributed by atoms with van der Waals surface area (Å²) in [6.07, 6.45) is 3.37. The smallest absolute Gasteiger partial charge is 0.337 e. The molecule has 0 aliphatic heterocycles. The normalized spacial score (nSPS) is 10.9. The molecular formula is C22H32Br2N4O4. The Hall–Kier alpha value is -1.43. The van der Waals surface area contributed by atoms with Gasteiger partial charge in [0.2, 0.25) is 0 Å². The zero-order valence-electron chi connectivity index (χ0n) is 19.3. The predicted octanol–water partition coefficient (Wildman–Crippen LogP) is 3.85. The summed E-state index contributed by atoms with van der Waals surface area (Å²) in [5.41, 5.74) is 2.79. The summed E-state index contributed by atoms with van der Waals surface area (Å²) in [4.78, 5) is 23.4. The number of ether oxygens (including phenoxy) is 2. The van der Waals surface area contributed by atoms with E-state index >= 15 is 0 Å². The Labute approximate surface area is 207 Å². The van der Waals surface area contributed by atoms with E-state index in [1.54, 1.807) is 12.4 Å². The number of nitrogens with zero attached hydrogens (tertiary/aromatic N) is 4. The number of pyridine rings is 2. The van der Waals surface area contributed by atoms with Gasteiger partial charge in [0.25, 0.3) is 0 Å². The fourth-order valence-electron chi connectivity index (χ4n) is 2.32. The lowest BCUT2D eigenvalue weighted by Gasteiger charge is -2.10. The number of aromatic carboxylic acids is 1. The van der Waals surface area contributed by atoms with Gasteiger partial charge in [-0.25, -0.2) is 4.79 Å². The fraction of sp³-hybridized carbons (Fsp3) is 0.500. The molecule has 2 heterocycles. The second kappa shape index (κ2) is 15.4. The minimum Gasteiger partial charge on any atom is -0.478 e. The lowest BCUT2D eigenvalue weighted by molar-refractivity contribution is 0.0682. The first-order valence-corrected chi connectivity index (χ1v) is 11.6. The molecule has 2 aromatic rings. The maximum atomic E-state index is 11.0. The van der Waals surface area contributed by atoms with Crippen LogP contribution in [0.4, 0.5) is 0 Å². The number of carboxylic acids is 1. The van der Waals surface area contributed by atoms with Crippen LogP contribution in [0.3, 0.4) is 0 Å². The van der Waals surface area contributed by atoms with E-state index in [-0.39, 0.29) is 12.2 Å². The van der Waals surface area contributed by atoms with Gasteiger partial charge < -0.3 is 24.4 Å². The summed E-state index contributed by atoms with van der Waals surface area (Å²) in [6.45, 7) is 5.86. The third-order valence-corrected chi connectivity index (χ3v) is 5.03. The molecule has 2 rings (SSSR count). The second-order valence-corrected chi connectivity index (χ2v) is 9.41. The lowest BCUT2D eigenvalue weighted by atomic mass is 10.2. The van der Waals surface area contributed by atoms with Crippen LogP contribution in [0, 0.1) is 6.92 Å². The van der Waals surface area contributed by atoms with Crippen LogP contribution in [0.25, 0.3) is 0 Å². The average molecular weight is 576 g/mol. The first-order valence-electron chi connectivity index (χ1n) is 10.0. The lowest BCUT2D eigenvalue weighted by Crippen LogP contribution is -2.18. The summed E-state index contributed by atoms with van der Waals surface area (Å²) in [7, 11) is 7.97. The molecule has 0 aromatic carbocycles. The van der Waals surface area contributed by atoms with Gasteiger partial charge in [-0.05, 0) is 84.7 Å². The molecule has 10 heteroatoms. The van der Waals surface area contributed by atoms with Crippen molar-refractivity contribution in [2.45, 2.75) is 20.1 Å². The van der Waals surface area contributed by atoms with Crippen molar-refractivity contribution in [3.8, 4) is 0 Å². The van der Waals surface area contributed by atoms with Crippen LogP contribution in [-0.2, 0) is 22.7 Å². The molecule has 8 nitrogen and oxygen atoms in total. The number of halogens is 2. The van der Waals surface area contributed by atoms with Crippen molar-refractivity contribution in [2.75, 3.05) is 54.5 Å². The van der Waals surface area contributed by atoms with Gasteiger partial charge in [0.15, 0.2) is 0 Å². The number of aromatic nitrogens is 2. The zero-order valence-corrected chi connectivity index (χ0v) is 22.4. The largest absolute Gasteiger partial charge is 0.478 e. The standard InChI is InChI=1S/C11H15BrN2O3.C11H17BrN2O/c1-14(2)3-4-17-7-10-9(11(15)16)5-8(12)6-13-10;1-9-6-10(12)7-13-11(9)8-15-5-4-14(2)3/h5-6H,3-4,7H2,1-2H3,(H,15,16);6-7H,4-5,8H2,1-3H3. The second-order valence-electron chi connectivity index (χ2n) is 7.58. The molecular weight excluding hydrogens is 544 g/mol. The third kappa shape index (κ3) is 12.0. The molecule has 0 radical (unpaired) electrons. The average Bonchev–Trinajstić information content (AvgIpc) is 2.70. The molecule has 1 N–H and O–H groups in total. The predicted molar refractivity (Wildman–Crippen MR) is 132 cm³/mol. The summed E-state index contributed by atoms with van der Waals surface area (Å²) >= 11 is 6.58. The van der Waals surface area contributed by atoms with Gasteiger partial charge >= 0.3 is 5.97 Å². The van der Waals surface area contributed by atoms with E-state index in [9.17, 15) is 4.79 Å². The third-order valence-electron chi connectivity index (χ3n) is 4.16. The number of aryl methyl sites for hydroxylation is 1. The highest BCUT2D eigenvalue weighted by molar-refractivity contribution is 9.10. The molecule has 178 valence electrons. The number of hydrogen-bond donors (Lipinski definition) is 1. The van der Waals surface area contributed by atoms with E-state index in [2.05, 4.69) is 52.8 Å². The molecule has 0 spiro atoms. The summed E-state index contributed by atoms with van der Waals surface area (Å²) in [6, 6.07) is 3.58. The molecule has 0 atom stereocenters. The molecule has 0 saturated carbocycles. The van der Waals surface area contributed by atoms with Crippen molar-refractivity contribution in [1.29, 1.82) is 0 Å². The topological polar surface area (TPSA) is 88.0 Å². The highest BCUT2D eigenvalue weighted by atomic mass is 79.9. The Morgan fingerprint density at radius 1 is 0.906 bits per heavy atom. The van der Waals surface area contributed by atoms with Gasteiger partial charge in [0.1, 0.15) is 0 Å². The summed E-state index contributed by atoms with van der Waals surface area (Å²) in [5, 5.41) is 9.01. The van der Waals surface area contributed by atoms with Crippen molar-refractivity contribution in [2.24, 2.45) is 0 Å². The van der Waals surface area contributed by atoms with E-state index < -0.39 is 5.97 Å². The fourth-order valence-corrected chi connectivity index (χ4v) is 3.10. The highest BCUT2D eigenvalue weighted by Crippen LogP contribution is 2.15. The Morgan fingerprint density at radius 2 is 1.38 bits per heavy atom. The van der Waals surface area contributed by atoms with E-state index in [1.807, 2.05) is 40.0 Å². The van der Waals surface area contributed by atoms with Gasteiger partial charge in [-0.2, -0.15) is 0 Å². The molecule has 32 heavy (non-hydrogen) atoms. The van der Waals surface area contributed by atoms with E-state index in [4.69, 9.17) is 14.6 Å². The van der Waals surface area contributed by atoms with Crippen LogP contribution in [0.1, 0.15) is 27.3 Å². The molecule has 0 bridgehead atoms. The number of likely N-dealkylation sites (N-methyl/N-ethyl adjacent to an activating group) is 2. The first kappa shape index (κ1) is 28.6.